The predicted molar refractivity (Wildman–Crippen MR) is 95.4 cm³/mol. The van der Waals surface area contributed by atoms with Gasteiger partial charge in [0.25, 0.3) is 0 Å². The van der Waals surface area contributed by atoms with Crippen LogP contribution >= 0.6 is 0 Å². The molecule has 1 aliphatic carbocycles. The summed E-state index contributed by atoms with van der Waals surface area (Å²) in [6, 6.07) is 0.0814. The highest BCUT2D eigenvalue weighted by atomic mass is 19.2. The molecular formula is C21H28F4O2. The van der Waals surface area contributed by atoms with Gasteiger partial charge in [-0.1, -0.05) is 70.6 Å². The second-order valence-corrected chi connectivity index (χ2v) is 7.44. The van der Waals surface area contributed by atoms with Gasteiger partial charge in [0.1, 0.15) is 0 Å². The summed E-state index contributed by atoms with van der Waals surface area (Å²) >= 11 is 0. The maximum absolute atomic E-state index is 13.5. The maximum Gasteiger partial charge on any atom is 0.311 e. The third-order valence-electron chi connectivity index (χ3n) is 5.26. The molecule has 1 aromatic rings. The molecule has 27 heavy (non-hydrogen) atoms. The van der Waals surface area contributed by atoms with E-state index in [1.54, 1.807) is 0 Å². The van der Waals surface area contributed by atoms with Crippen molar-refractivity contribution < 1.29 is 27.1 Å². The average molecular weight is 388 g/mol. The number of carbonyl (C=O) groups is 1. The molecule has 0 aliphatic heterocycles. The highest BCUT2D eigenvalue weighted by molar-refractivity contribution is 5.72. The third kappa shape index (κ3) is 7.15. The Morgan fingerprint density at radius 2 is 1.41 bits per heavy atom. The molecule has 0 bridgehead atoms. The van der Waals surface area contributed by atoms with E-state index in [1.807, 2.05) is 0 Å². The van der Waals surface area contributed by atoms with Gasteiger partial charge in [0.15, 0.2) is 11.6 Å². The minimum absolute atomic E-state index is 0.0412. The Kier molecular flexibility index (Phi) is 9.08. The van der Waals surface area contributed by atoms with E-state index >= 15 is 0 Å². The van der Waals surface area contributed by atoms with Crippen LogP contribution in [-0.2, 0) is 4.79 Å². The summed E-state index contributed by atoms with van der Waals surface area (Å²) in [5.41, 5.74) is 0. The van der Waals surface area contributed by atoms with Gasteiger partial charge in [-0.3, -0.25) is 4.79 Å². The molecule has 1 saturated carbocycles. The molecule has 6 heteroatoms. The summed E-state index contributed by atoms with van der Waals surface area (Å²) in [5.74, 6) is -7.96. The van der Waals surface area contributed by atoms with E-state index in [0.29, 0.717) is 6.42 Å². The van der Waals surface area contributed by atoms with Crippen molar-refractivity contribution >= 4 is 5.97 Å². The zero-order valence-corrected chi connectivity index (χ0v) is 15.7. The predicted octanol–water partition coefficient (Wildman–Crippen LogP) is 6.85. The van der Waals surface area contributed by atoms with Crippen molar-refractivity contribution in [1.82, 2.24) is 0 Å². The highest BCUT2D eigenvalue weighted by Crippen LogP contribution is 2.28. The zero-order valence-electron chi connectivity index (χ0n) is 15.7. The SMILES string of the molecule is O=C(CCCCCCC1CCCCCCC1)Oc1c(F)c(F)cc(F)c1F. The number of hydrogen-bond donors (Lipinski definition) is 0. The molecule has 1 fully saturated rings. The van der Waals surface area contributed by atoms with Gasteiger partial charge in [0.05, 0.1) is 0 Å². The Hall–Kier alpha value is -1.59. The zero-order chi connectivity index (χ0) is 19.6. The molecule has 0 aromatic heterocycles. The van der Waals surface area contributed by atoms with E-state index in [2.05, 4.69) is 4.74 Å². The highest BCUT2D eigenvalue weighted by Gasteiger charge is 2.22. The summed E-state index contributed by atoms with van der Waals surface area (Å²) in [4.78, 5) is 11.7. The fourth-order valence-electron chi connectivity index (χ4n) is 3.69. The van der Waals surface area contributed by atoms with Gasteiger partial charge < -0.3 is 4.74 Å². The minimum Gasteiger partial charge on any atom is -0.420 e. The fraction of sp³-hybridized carbons (Fsp3) is 0.667. The first-order valence-corrected chi connectivity index (χ1v) is 10.0. The summed E-state index contributed by atoms with van der Waals surface area (Å²) in [6.07, 6.45) is 13.9. The van der Waals surface area contributed by atoms with E-state index in [0.717, 1.165) is 25.2 Å². The van der Waals surface area contributed by atoms with Gasteiger partial charge in [-0.05, 0) is 12.3 Å². The lowest BCUT2D eigenvalue weighted by molar-refractivity contribution is -0.135. The van der Waals surface area contributed by atoms with Crippen molar-refractivity contribution in [3.8, 4) is 5.75 Å². The Morgan fingerprint density at radius 3 is 2.04 bits per heavy atom. The molecule has 0 amide bonds. The van der Waals surface area contributed by atoms with E-state index in [-0.39, 0.29) is 12.5 Å². The van der Waals surface area contributed by atoms with Gasteiger partial charge >= 0.3 is 5.97 Å². The second-order valence-electron chi connectivity index (χ2n) is 7.44. The Morgan fingerprint density at radius 1 is 0.852 bits per heavy atom. The Bertz CT molecular complexity index is 584. The van der Waals surface area contributed by atoms with Crippen LogP contribution in [0.5, 0.6) is 5.75 Å². The van der Waals surface area contributed by atoms with Gasteiger partial charge in [0, 0.05) is 12.5 Å². The number of benzene rings is 1. The molecule has 1 aliphatic rings. The van der Waals surface area contributed by atoms with Crippen molar-refractivity contribution in [2.75, 3.05) is 0 Å². The number of unbranched alkanes of at least 4 members (excludes halogenated alkanes) is 3. The van der Waals surface area contributed by atoms with Crippen molar-refractivity contribution in [1.29, 1.82) is 0 Å². The van der Waals surface area contributed by atoms with Crippen molar-refractivity contribution in [3.05, 3.63) is 29.3 Å². The molecular weight excluding hydrogens is 360 g/mol. The lowest BCUT2D eigenvalue weighted by Gasteiger charge is -2.19. The Balaban J connectivity index is 1.64. The van der Waals surface area contributed by atoms with Crippen LogP contribution in [-0.4, -0.2) is 5.97 Å². The van der Waals surface area contributed by atoms with E-state index in [1.165, 1.54) is 51.4 Å². The summed E-state index contributed by atoms with van der Waals surface area (Å²) in [7, 11) is 0. The largest absolute Gasteiger partial charge is 0.420 e. The van der Waals surface area contributed by atoms with Crippen LogP contribution in [0.25, 0.3) is 0 Å². The van der Waals surface area contributed by atoms with Crippen LogP contribution in [0.3, 0.4) is 0 Å². The average Bonchev–Trinajstić information content (AvgIpc) is 2.61. The number of carbonyl (C=O) groups excluding carboxylic acids is 1. The van der Waals surface area contributed by atoms with Gasteiger partial charge in [-0.15, -0.1) is 0 Å². The molecule has 0 radical (unpaired) electrons. The van der Waals surface area contributed by atoms with Crippen molar-refractivity contribution in [3.63, 3.8) is 0 Å². The third-order valence-corrected chi connectivity index (χ3v) is 5.26. The molecule has 1 aromatic carbocycles. The standard InChI is InChI=1S/C21H28F4O2/c22-16-14-17(23)20(25)21(19(16)24)27-18(26)13-9-5-4-8-12-15-10-6-2-1-3-7-11-15/h14-15H,1-13H2. The van der Waals surface area contributed by atoms with Gasteiger partial charge in [-0.2, -0.15) is 8.78 Å². The van der Waals surface area contributed by atoms with Crippen LogP contribution in [0, 0.1) is 29.2 Å². The first-order chi connectivity index (χ1) is 13.0. The molecule has 152 valence electrons. The number of hydrogen-bond acceptors (Lipinski definition) is 2. The summed E-state index contributed by atoms with van der Waals surface area (Å²) in [6.45, 7) is 0. The quantitative estimate of drug-likeness (QED) is 0.160. The molecule has 0 saturated heterocycles. The van der Waals surface area contributed by atoms with E-state index < -0.39 is 35.0 Å². The molecule has 2 nitrogen and oxygen atoms in total. The molecule has 0 spiro atoms. The summed E-state index contributed by atoms with van der Waals surface area (Å²) in [5, 5.41) is 0. The van der Waals surface area contributed by atoms with Crippen LogP contribution in [0.2, 0.25) is 0 Å². The first kappa shape index (κ1) is 21.7. The van der Waals surface area contributed by atoms with Crippen molar-refractivity contribution in [2.45, 2.75) is 83.5 Å². The maximum atomic E-state index is 13.5. The molecule has 0 N–H and O–H groups in total. The molecule has 2 rings (SSSR count). The number of rotatable bonds is 8. The number of ether oxygens (including phenoxy) is 1. The van der Waals surface area contributed by atoms with E-state index in [4.69, 9.17) is 0 Å². The smallest absolute Gasteiger partial charge is 0.311 e. The Labute approximate surface area is 158 Å². The van der Waals surface area contributed by atoms with Crippen LogP contribution < -0.4 is 4.74 Å². The van der Waals surface area contributed by atoms with Crippen LogP contribution in [0.4, 0.5) is 17.6 Å². The normalized spacial score (nSPS) is 16.0. The summed E-state index contributed by atoms with van der Waals surface area (Å²) < 4.78 is 57.6. The molecule has 0 unspecified atom stereocenters. The fourth-order valence-corrected chi connectivity index (χ4v) is 3.69. The second kappa shape index (κ2) is 11.3. The van der Waals surface area contributed by atoms with Crippen molar-refractivity contribution in [2.24, 2.45) is 5.92 Å². The molecule has 0 atom stereocenters. The lowest BCUT2D eigenvalue weighted by Crippen LogP contribution is -2.12. The molecule has 0 heterocycles. The van der Waals surface area contributed by atoms with E-state index in [9.17, 15) is 22.4 Å². The lowest BCUT2D eigenvalue weighted by atomic mass is 9.87. The van der Waals surface area contributed by atoms with Crippen LogP contribution in [0.15, 0.2) is 6.07 Å². The van der Waals surface area contributed by atoms with Gasteiger partial charge in [0.2, 0.25) is 17.4 Å². The minimum atomic E-state index is -1.69. The number of esters is 1. The van der Waals surface area contributed by atoms with Crippen LogP contribution in [0.1, 0.15) is 83.5 Å². The topological polar surface area (TPSA) is 26.3 Å². The van der Waals surface area contributed by atoms with Gasteiger partial charge in [-0.25, -0.2) is 8.78 Å². The first-order valence-electron chi connectivity index (χ1n) is 10.0. The monoisotopic (exact) mass is 388 g/mol. The number of halogens is 4.